The topological polar surface area (TPSA) is 71.6 Å². The normalized spacial score (nSPS) is 25.1. The van der Waals surface area contributed by atoms with Crippen LogP contribution in [0.4, 0.5) is 5.69 Å². The maximum Gasteiger partial charge on any atom is 0.228 e. The molecular weight excluding hydrogens is 386 g/mol. The molecule has 3 aliphatic rings. The van der Waals surface area contributed by atoms with E-state index >= 15 is 0 Å². The number of amides is 2. The quantitative estimate of drug-likeness (QED) is 0.697. The van der Waals surface area contributed by atoms with Crippen LogP contribution in [0.2, 0.25) is 0 Å². The number of hydrogen-bond donors (Lipinski definition) is 0. The zero-order chi connectivity index (χ0) is 21.1. The van der Waals surface area contributed by atoms with Gasteiger partial charge in [0.05, 0.1) is 31.9 Å². The molecule has 3 fully saturated rings. The molecule has 2 atom stereocenters. The zero-order valence-electron chi connectivity index (χ0n) is 17.8. The molecule has 0 aliphatic carbocycles. The molecule has 2 unspecified atom stereocenters. The number of methoxy groups -OCH3 is 2. The van der Waals surface area contributed by atoms with E-state index in [0.29, 0.717) is 42.9 Å². The van der Waals surface area contributed by atoms with Gasteiger partial charge in [-0.1, -0.05) is 0 Å². The molecule has 4 rings (SSSR count). The van der Waals surface area contributed by atoms with Crippen molar-refractivity contribution >= 4 is 17.5 Å². The van der Waals surface area contributed by atoms with Crippen molar-refractivity contribution < 1.29 is 23.8 Å². The molecule has 0 saturated carbocycles. The van der Waals surface area contributed by atoms with Crippen molar-refractivity contribution in [3.63, 3.8) is 0 Å². The van der Waals surface area contributed by atoms with Crippen LogP contribution in [0.3, 0.4) is 0 Å². The lowest BCUT2D eigenvalue weighted by Gasteiger charge is -2.36. The zero-order valence-corrected chi connectivity index (χ0v) is 17.8. The Morgan fingerprint density at radius 3 is 2.63 bits per heavy atom. The fourth-order valence-electron chi connectivity index (χ4n) is 4.60. The fourth-order valence-corrected chi connectivity index (χ4v) is 4.60. The van der Waals surface area contributed by atoms with Crippen LogP contribution < -0.4 is 14.4 Å². The van der Waals surface area contributed by atoms with Gasteiger partial charge in [-0.05, 0) is 25.0 Å². The lowest BCUT2D eigenvalue weighted by molar-refractivity contribution is -0.137. The Balaban J connectivity index is 1.36. The number of hydrogen-bond acceptors (Lipinski definition) is 6. The van der Waals surface area contributed by atoms with Gasteiger partial charge in [0.2, 0.25) is 11.8 Å². The fraction of sp³-hybridized carbons (Fsp3) is 0.636. The van der Waals surface area contributed by atoms with Crippen LogP contribution in [0.5, 0.6) is 11.5 Å². The largest absolute Gasteiger partial charge is 0.497 e. The minimum absolute atomic E-state index is 0.0584. The van der Waals surface area contributed by atoms with Crippen LogP contribution in [-0.2, 0) is 14.3 Å². The Labute approximate surface area is 177 Å². The summed E-state index contributed by atoms with van der Waals surface area (Å²) in [7, 11) is 3.16. The first-order valence-corrected chi connectivity index (χ1v) is 10.7. The molecule has 1 aromatic rings. The SMILES string of the molecule is COc1ccc(OC)c(N2CC(C(=O)N3CCN(CC4CCCO4)CC3)CC2=O)c1. The van der Waals surface area contributed by atoms with Crippen molar-refractivity contribution in [1.29, 1.82) is 0 Å². The standard InChI is InChI=1S/C22H31N3O5/c1-28-17-5-6-20(29-2)19(13-17)25-14-16(12-21(25)26)22(27)24-9-7-23(8-10-24)15-18-4-3-11-30-18/h5-6,13,16,18H,3-4,7-12,14-15H2,1-2H3. The van der Waals surface area contributed by atoms with Gasteiger partial charge in [0, 0.05) is 58.4 Å². The van der Waals surface area contributed by atoms with E-state index in [-0.39, 0.29) is 24.2 Å². The average Bonchev–Trinajstić information content (AvgIpc) is 3.43. The Morgan fingerprint density at radius 1 is 1.17 bits per heavy atom. The van der Waals surface area contributed by atoms with E-state index < -0.39 is 0 Å². The van der Waals surface area contributed by atoms with Crippen molar-refractivity contribution in [3.05, 3.63) is 18.2 Å². The number of rotatable bonds is 6. The molecule has 1 aromatic carbocycles. The van der Waals surface area contributed by atoms with Crippen molar-refractivity contribution in [2.24, 2.45) is 5.92 Å². The summed E-state index contributed by atoms with van der Waals surface area (Å²) in [4.78, 5) is 31.8. The van der Waals surface area contributed by atoms with E-state index in [9.17, 15) is 9.59 Å². The highest BCUT2D eigenvalue weighted by molar-refractivity contribution is 6.01. The second-order valence-electron chi connectivity index (χ2n) is 8.20. The molecule has 0 N–H and O–H groups in total. The summed E-state index contributed by atoms with van der Waals surface area (Å²) in [5.41, 5.74) is 0.651. The minimum Gasteiger partial charge on any atom is -0.497 e. The van der Waals surface area contributed by atoms with Crippen LogP contribution in [0, 0.1) is 5.92 Å². The highest BCUT2D eigenvalue weighted by Gasteiger charge is 2.39. The molecule has 0 aromatic heterocycles. The molecule has 0 spiro atoms. The van der Waals surface area contributed by atoms with Gasteiger partial charge in [0.1, 0.15) is 11.5 Å². The van der Waals surface area contributed by atoms with Gasteiger partial charge in [0.15, 0.2) is 0 Å². The van der Waals surface area contributed by atoms with Gasteiger partial charge < -0.3 is 24.0 Å². The summed E-state index contributed by atoms with van der Waals surface area (Å²) in [5.74, 6) is 0.940. The first-order chi connectivity index (χ1) is 14.6. The summed E-state index contributed by atoms with van der Waals surface area (Å²) >= 11 is 0. The number of anilines is 1. The summed E-state index contributed by atoms with van der Waals surface area (Å²) < 4.78 is 16.4. The van der Waals surface area contributed by atoms with E-state index in [0.717, 1.165) is 39.1 Å². The lowest BCUT2D eigenvalue weighted by atomic mass is 10.1. The second-order valence-corrected chi connectivity index (χ2v) is 8.20. The third kappa shape index (κ3) is 4.39. The van der Waals surface area contributed by atoms with Crippen molar-refractivity contribution in [3.8, 4) is 11.5 Å². The number of benzene rings is 1. The predicted octanol–water partition coefficient (Wildman–Crippen LogP) is 1.38. The molecule has 8 heteroatoms. The molecule has 3 aliphatic heterocycles. The van der Waals surface area contributed by atoms with Gasteiger partial charge in [-0.2, -0.15) is 0 Å². The van der Waals surface area contributed by atoms with E-state index in [2.05, 4.69) is 4.90 Å². The van der Waals surface area contributed by atoms with Crippen LogP contribution in [0.1, 0.15) is 19.3 Å². The van der Waals surface area contributed by atoms with Crippen molar-refractivity contribution in [2.45, 2.75) is 25.4 Å². The predicted molar refractivity (Wildman–Crippen MR) is 112 cm³/mol. The number of carbonyl (C=O) groups is 2. The number of ether oxygens (including phenoxy) is 3. The van der Waals surface area contributed by atoms with Crippen molar-refractivity contribution in [1.82, 2.24) is 9.80 Å². The third-order valence-electron chi connectivity index (χ3n) is 6.32. The molecule has 0 bridgehead atoms. The molecule has 164 valence electrons. The first-order valence-electron chi connectivity index (χ1n) is 10.7. The number of carbonyl (C=O) groups excluding carboxylic acids is 2. The molecule has 0 radical (unpaired) electrons. The van der Waals surface area contributed by atoms with Crippen LogP contribution in [0.25, 0.3) is 0 Å². The van der Waals surface area contributed by atoms with Gasteiger partial charge >= 0.3 is 0 Å². The third-order valence-corrected chi connectivity index (χ3v) is 6.32. The van der Waals surface area contributed by atoms with Crippen molar-refractivity contribution in [2.75, 3.05) is 65.0 Å². The van der Waals surface area contributed by atoms with Gasteiger partial charge in [-0.15, -0.1) is 0 Å². The van der Waals surface area contributed by atoms with E-state index in [1.54, 1.807) is 37.3 Å². The Hall–Kier alpha value is -2.32. The molecular formula is C22H31N3O5. The molecule has 3 saturated heterocycles. The van der Waals surface area contributed by atoms with Crippen LogP contribution in [-0.4, -0.2) is 87.8 Å². The summed E-state index contributed by atoms with van der Waals surface area (Å²) in [5, 5.41) is 0. The maximum atomic E-state index is 13.1. The molecule has 2 amide bonds. The lowest BCUT2D eigenvalue weighted by Crippen LogP contribution is -2.52. The molecule has 8 nitrogen and oxygen atoms in total. The van der Waals surface area contributed by atoms with Gasteiger partial charge in [-0.25, -0.2) is 0 Å². The first kappa shape index (κ1) is 20.9. The number of nitrogens with zero attached hydrogens (tertiary/aromatic N) is 3. The summed E-state index contributed by atoms with van der Waals surface area (Å²) in [6.07, 6.45) is 2.85. The highest BCUT2D eigenvalue weighted by Crippen LogP contribution is 2.36. The Bertz CT molecular complexity index is 772. The van der Waals surface area contributed by atoms with Gasteiger partial charge in [-0.3, -0.25) is 14.5 Å². The van der Waals surface area contributed by atoms with E-state index in [1.807, 2.05) is 4.90 Å². The van der Waals surface area contributed by atoms with Crippen LogP contribution in [0.15, 0.2) is 18.2 Å². The maximum absolute atomic E-state index is 13.1. The summed E-state index contributed by atoms with van der Waals surface area (Å²) in [6, 6.07) is 5.36. The van der Waals surface area contributed by atoms with E-state index in [1.165, 1.54) is 0 Å². The van der Waals surface area contributed by atoms with Crippen LogP contribution >= 0.6 is 0 Å². The Kier molecular flexibility index (Phi) is 6.43. The molecule has 30 heavy (non-hydrogen) atoms. The second kappa shape index (κ2) is 9.22. The number of piperazine rings is 1. The molecule has 3 heterocycles. The Morgan fingerprint density at radius 2 is 1.97 bits per heavy atom. The van der Waals surface area contributed by atoms with Gasteiger partial charge in [0.25, 0.3) is 0 Å². The average molecular weight is 418 g/mol. The minimum atomic E-state index is -0.321. The monoisotopic (exact) mass is 417 g/mol. The highest BCUT2D eigenvalue weighted by atomic mass is 16.5. The van der Waals surface area contributed by atoms with E-state index in [4.69, 9.17) is 14.2 Å². The summed E-state index contributed by atoms with van der Waals surface area (Å²) in [6.45, 7) is 5.33. The smallest absolute Gasteiger partial charge is 0.228 e.